The zero-order valence-corrected chi connectivity index (χ0v) is 15.3. The molecule has 138 valence electrons. The van der Waals surface area contributed by atoms with E-state index in [1.807, 2.05) is 60.8 Å². The van der Waals surface area contributed by atoms with Crippen LogP contribution in [0.3, 0.4) is 0 Å². The number of nitrogens with one attached hydrogen (secondary N) is 1. The molecule has 1 N–H and O–H groups in total. The molecule has 0 unspecified atom stereocenters. The molecule has 0 fully saturated rings. The third kappa shape index (κ3) is 4.15. The summed E-state index contributed by atoms with van der Waals surface area (Å²) in [5, 5.41) is 3.15. The molecule has 0 radical (unpaired) electrons. The third-order valence-electron chi connectivity index (χ3n) is 4.57. The van der Waals surface area contributed by atoms with E-state index in [4.69, 9.17) is 0 Å². The summed E-state index contributed by atoms with van der Waals surface area (Å²) in [4.78, 5) is 21.2. The number of carbonyl (C=O) groups is 1. The summed E-state index contributed by atoms with van der Waals surface area (Å²) in [5.74, 6) is 0.576. The maximum atomic E-state index is 12.8. The molecule has 0 aliphatic heterocycles. The molecule has 4 aromatic rings. The number of imidazole rings is 1. The van der Waals surface area contributed by atoms with Crippen LogP contribution < -0.4 is 5.32 Å². The standard InChI is InChI=1S/C23H20N4O/c28-23(20-11-12-22(25-16-20)27-14-13-24-17-27)26-21(19-9-5-2-6-10-19)15-18-7-3-1-4-8-18/h1-14,16-17,21H,15H2,(H,26,28)/t21-/m0/s1. The number of aromatic nitrogens is 3. The summed E-state index contributed by atoms with van der Waals surface area (Å²) < 4.78 is 1.80. The number of nitrogens with zero attached hydrogens (tertiary/aromatic N) is 3. The molecule has 5 nitrogen and oxygen atoms in total. The number of benzene rings is 2. The molecule has 5 heteroatoms. The predicted molar refractivity (Wildman–Crippen MR) is 108 cm³/mol. The van der Waals surface area contributed by atoms with E-state index in [2.05, 4.69) is 27.4 Å². The van der Waals surface area contributed by atoms with Gasteiger partial charge < -0.3 is 5.32 Å². The van der Waals surface area contributed by atoms with Crippen molar-refractivity contribution in [3.63, 3.8) is 0 Å². The van der Waals surface area contributed by atoms with Gasteiger partial charge in [0.25, 0.3) is 5.91 Å². The van der Waals surface area contributed by atoms with Gasteiger partial charge in [-0.1, -0.05) is 60.7 Å². The van der Waals surface area contributed by atoms with Crippen LogP contribution in [0, 0.1) is 0 Å². The Morgan fingerprint density at radius 2 is 1.71 bits per heavy atom. The Morgan fingerprint density at radius 3 is 2.36 bits per heavy atom. The lowest BCUT2D eigenvalue weighted by atomic mass is 9.98. The minimum atomic E-state index is -0.144. The highest BCUT2D eigenvalue weighted by atomic mass is 16.1. The average molecular weight is 368 g/mol. The van der Waals surface area contributed by atoms with Gasteiger partial charge in [-0.2, -0.15) is 0 Å². The molecule has 28 heavy (non-hydrogen) atoms. The monoisotopic (exact) mass is 368 g/mol. The highest BCUT2D eigenvalue weighted by Gasteiger charge is 2.16. The molecule has 2 aromatic carbocycles. The molecular weight excluding hydrogens is 348 g/mol. The lowest BCUT2D eigenvalue weighted by molar-refractivity contribution is 0.0936. The second kappa shape index (κ2) is 8.31. The van der Waals surface area contributed by atoms with Crippen LogP contribution in [0.25, 0.3) is 5.82 Å². The Labute approximate surface area is 163 Å². The molecular formula is C23H20N4O. The van der Waals surface area contributed by atoms with Crippen molar-refractivity contribution in [3.8, 4) is 5.82 Å². The van der Waals surface area contributed by atoms with Gasteiger partial charge in [-0.05, 0) is 29.7 Å². The van der Waals surface area contributed by atoms with E-state index in [9.17, 15) is 4.79 Å². The quantitative estimate of drug-likeness (QED) is 0.560. The molecule has 2 aromatic heterocycles. The van der Waals surface area contributed by atoms with Crippen molar-refractivity contribution in [3.05, 3.63) is 114 Å². The van der Waals surface area contributed by atoms with Crippen molar-refractivity contribution in [2.45, 2.75) is 12.5 Å². The molecule has 1 amide bonds. The van der Waals surface area contributed by atoms with Crippen LogP contribution in [0.5, 0.6) is 0 Å². The molecule has 0 saturated carbocycles. The molecule has 0 bridgehead atoms. The third-order valence-corrected chi connectivity index (χ3v) is 4.57. The van der Waals surface area contributed by atoms with Crippen molar-refractivity contribution in [2.24, 2.45) is 0 Å². The minimum Gasteiger partial charge on any atom is -0.345 e. The van der Waals surface area contributed by atoms with Gasteiger partial charge in [0.2, 0.25) is 0 Å². The lowest BCUT2D eigenvalue weighted by Crippen LogP contribution is -2.30. The second-order valence-corrected chi connectivity index (χ2v) is 6.50. The molecule has 2 heterocycles. The fraction of sp³-hybridized carbons (Fsp3) is 0.0870. The Kier molecular flexibility index (Phi) is 5.24. The topological polar surface area (TPSA) is 59.8 Å². The van der Waals surface area contributed by atoms with Crippen molar-refractivity contribution in [1.29, 1.82) is 0 Å². The lowest BCUT2D eigenvalue weighted by Gasteiger charge is -2.19. The largest absolute Gasteiger partial charge is 0.345 e. The average Bonchev–Trinajstić information content (AvgIpc) is 3.30. The summed E-state index contributed by atoms with van der Waals surface area (Å²) >= 11 is 0. The van der Waals surface area contributed by atoms with E-state index >= 15 is 0 Å². The van der Waals surface area contributed by atoms with Crippen LogP contribution in [-0.2, 0) is 6.42 Å². The molecule has 0 saturated heterocycles. The van der Waals surface area contributed by atoms with Crippen molar-refractivity contribution in [1.82, 2.24) is 19.9 Å². The molecule has 1 atom stereocenters. The summed E-state index contributed by atoms with van der Waals surface area (Å²) in [7, 11) is 0. The van der Waals surface area contributed by atoms with E-state index in [0.717, 1.165) is 17.8 Å². The van der Waals surface area contributed by atoms with Crippen LogP contribution in [0.4, 0.5) is 0 Å². The first-order valence-corrected chi connectivity index (χ1v) is 9.14. The van der Waals surface area contributed by atoms with Gasteiger partial charge in [0.1, 0.15) is 12.1 Å². The normalized spacial score (nSPS) is 11.7. The second-order valence-electron chi connectivity index (χ2n) is 6.50. The highest BCUT2D eigenvalue weighted by Crippen LogP contribution is 2.19. The number of rotatable bonds is 6. The smallest absolute Gasteiger partial charge is 0.253 e. The van der Waals surface area contributed by atoms with E-state index in [-0.39, 0.29) is 11.9 Å². The van der Waals surface area contributed by atoms with E-state index < -0.39 is 0 Å². The minimum absolute atomic E-state index is 0.121. The maximum Gasteiger partial charge on any atom is 0.253 e. The zero-order chi connectivity index (χ0) is 19.2. The SMILES string of the molecule is O=C(N[C@@H](Cc1ccccc1)c1ccccc1)c1ccc(-n2ccnc2)nc1. The van der Waals surface area contributed by atoms with Crippen LogP contribution in [0.1, 0.15) is 27.5 Å². The zero-order valence-electron chi connectivity index (χ0n) is 15.3. The van der Waals surface area contributed by atoms with Crippen molar-refractivity contribution >= 4 is 5.91 Å². The number of hydrogen-bond donors (Lipinski definition) is 1. The van der Waals surface area contributed by atoms with E-state index in [0.29, 0.717) is 5.56 Å². The van der Waals surface area contributed by atoms with Gasteiger partial charge >= 0.3 is 0 Å². The number of amides is 1. The first-order chi connectivity index (χ1) is 13.8. The first-order valence-electron chi connectivity index (χ1n) is 9.14. The van der Waals surface area contributed by atoms with Gasteiger partial charge in [-0.3, -0.25) is 9.36 Å². The highest BCUT2D eigenvalue weighted by molar-refractivity contribution is 5.94. The van der Waals surface area contributed by atoms with Crippen LogP contribution in [0.2, 0.25) is 0 Å². The van der Waals surface area contributed by atoms with Crippen LogP contribution in [-0.4, -0.2) is 20.4 Å². The Bertz CT molecular complexity index is 1010. The Balaban J connectivity index is 1.53. The fourth-order valence-electron chi connectivity index (χ4n) is 3.10. The predicted octanol–water partition coefficient (Wildman–Crippen LogP) is 3.98. The summed E-state index contributed by atoms with van der Waals surface area (Å²) in [6.45, 7) is 0. The Hall–Kier alpha value is -3.73. The molecule has 0 aliphatic carbocycles. The van der Waals surface area contributed by atoms with Crippen LogP contribution in [0.15, 0.2) is 97.7 Å². The summed E-state index contributed by atoms with van der Waals surface area (Å²) in [6.07, 6.45) is 7.49. The number of hydrogen-bond acceptors (Lipinski definition) is 3. The van der Waals surface area contributed by atoms with E-state index in [1.165, 1.54) is 5.56 Å². The van der Waals surface area contributed by atoms with Crippen molar-refractivity contribution < 1.29 is 4.79 Å². The fourth-order valence-corrected chi connectivity index (χ4v) is 3.10. The Morgan fingerprint density at radius 1 is 0.964 bits per heavy atom. The molecule has 0 spiro atoms. The van der Waals surface area contributed by atoms with Gasteiger partial charge in [-0.15, -0.1) is 0 Å². The van der Waals surface area contributed by atoms with Gasteiger partial charge in [0.05, 0.1) is 11.6 Å². The molecule has 4 rings (SSSR count). The number of carbonyl (C=O) groups excluding carboxylic acids is 1. The van der Waals surface area contributed by atoms with E-state index in [1.54, 1.807) is 29.4 Å². The summed E-state index contributed by atoms with van der Waals surface area (Å²) in [6, 6.07) is 23.7. The summed E-state index contributed by atoms with van der Waals surface area (Å²) in [5.41, 5.74) is 2.77. The maximum absolute atomic E-state index is 12.8. The van der Waals surface area contributed by atoms with Gasteiger partial charge in [-0.25, -0.2) is 9.97 Å². The van der Waals surface area contributed by atoms with Crippen molar-refractivity contribution in [2.75, 3.05) is 0 Å². The van der Waals surface area contributed by atoms with Crippen LogP contribution >= 0.6 is 0 Å². The first kappa shape index (κ1) is 17.7. The van der Waals surface area contributed by atoms with Gasteiger partial charge in [0.15, 0.2) is 0 Å². The van der Waals surface area contributed by atoms with Gasteiger partial charge in [0, 0.05) is 18.6 Å². The molecule has 0 aliphatic rings. The number of pyridine rings is 1.